The van der Waals surface area contributed by atoms with Crippen LogP contribution >= 0.6 is 11.3 Å². The molecule has 0 spiro atoms. The summed E-state index contributed by atoms with van der Waals surface area (Å²) >= 11 is 1.39. The quantitative estimate of drug-likeness (QED) is 0.611. The Hall–Kier alpha value is -1.42. The fourth-order valence-electron chi connectivity index (χ4n) is 1.03. The van der Waals surface area contributed by atoms with Crippen molar-refractivity contribution in [3.05, 3.63) is 43.5 Å². The monoisotopic (exact) mass is 179 g/mol. The van der Waals surface area contributed by atoms with Crippen LogP contribution in [0.25, 0.3) is 11.3 Å². The summed E-state index contributed by atoms with van der Waals surface area (Å²) in [6.07, 6.45) is 0. The van der Waals surface area contributed by atoms with Gasteiger partial charge in [-0.3, -0.25) is 9.59 Å². The second kappa shape index (κ2) is 2.57. The lowest BCUT2D eigenvalue weighted by atomic mass is 10.2. The largest absolute Gasteiger partial charge is 0.318 e. The maximum Gasteiger partial charge on any atom is 0.296 e. The first-order valence-electron chi connectivity index (χ1n) is 3.37. The van der Waals surface area contributed by atoms with Gasteiger partial charge < -0.3 is 4.98 Å². The normalized spacial score (nSPS) is 10.3. The number of fused-ring (bicyclic) bond motifs is 1. The third kappa shape index (κ3) is 0.967. The summed E-state index contributed by atoms with van der Waals surface area (Å²) in [5.74, 6) is 0. The fourth-order valence-corrected chi connectivity index (χ4v) is 1.65. The Kier molecular flexibility index (Phi) is 1.55. The second-order valence-corrected chi connectivity index (χ2v) is 3.14. The molecular formula is C8H5NO2S. The third-order valence-corrected chi connectivity index (χ3v) is 2.28. The Balaban J connectivity index is 2.98. The zero-order valence-electron chi connectivity index (χ0n) is 6.03. The molecular weight excluding hydrogens is 174 g/mol. The highest BCUT2D eigenvalue weighted by molar-refractivity contribution is 7.07. The molecule has 12 heavy (non-hydrogen) atoms. The van der Waals surface area contributed by atoms with E-state index >= 15 is 0 Å². The van der Waals surface area contributed by atoms with Crippen LogP contribution in [0.3, 0.4) is 0 Å². The molecule has 0 saturated heterocycles. The standard InChI is InChI=1S/C8H5NO2S/c10-7-5-4-12-3-1-2-6(5)9-8(7)11/h1-4H,(H,9,11). The maximum absolute atomic E-state index is 11.1. The number of aromatic amines is 1. The van der Waals surface area contributed by atoms with Crippen LogP contribution in [-0.2, 0) is 0 Å². The average molecular weight is 179 g/mol. The molecule has 0 bridgehead atoms. The van der Waals surface area contributed by atoms with E-state index in [1.807, 2.05) is 5.38 Å². The van der Waals surface area contributed by atoms with Crippen LogP contribution in [0.15, 0.2) is 32.5 Å². The minimum absolute atomic E-state index is 0.447. The van der Waals surface area contributed by atoms with Gasteiger partial charge in [-0.15, -0.1) is 0 Å². The lowest BCUT2D eigenvalue weighted by molar-refractivity contribution is 1.31. The Morgan fingerprint density at radius 2 is 2.17 bits per heavy atom. The van der Waals surface area contributed by atoms with Crippen molar-refractivity contribution in [2.45, 2.75) is 0 Å². The molecule has 0 aromatic carbocycles. The maximum atomic E-state index is 11.1. The first kappa shape index (κ1) is 7.24. The Bertz CT molecular complexity index is 485. The van der Waals surface area contributed by atoms with E-state index in [0.29, 0.717) is 11.3 Å². The predicted molar refractivity (Wildman–Crippen MR) is 47.8 cm³/mol. The van der Waals surface area contributed by atoms with Crippen molar-refractivity contribution in [2.24, 2.45) is 0 Å². The van der Waals surface area contributed by atoms with Crippen LogP contribution in [0.1, 0.15) is 0 Å². The van der Waals surface area contributed by atoms with Crippen molar-refractivity contribution >= 4 is 11.3 Å². The van der Waals surface area contributed by atoms with Gasteiger partial charge in [-0.2, -0.15) is 11.3 Å². The fraction of sp³-hybridized carbons (Fsp3) is 0. The molecule has 0 radical (unpaired) electrons. The smallest absolute Gasteiger partial charge is 0.296 e. The van der Waals surface area contributed by atoms with Gasteiger partial charge in [0, 0.05) is 5.38 Å². The van der Waals surface area contributed by atoms with E-state index in [-0.39, 0.29) is 0 Å². The number of rotatable bonds is 0. The van der Waals surface area contributed by atoms with Crippen LogP contribution in [-0.4, -0.2) is 4.98 Å². The molecule has 0 fully saturated rings. The van der Waals surface area contributed by atoms with Crippen molar-refractivity contribution < 1.29 is 0 Å². The van der Waals surface area contributed by atoms with E-state index in [1.54, 1.807) is 17.5 Å². The summed E-state index contributed by atoms with van der Waals surface area (Å²) in [5.41, 5.74) is 0.0853. The molecule has 4 heteroatoms. The van der Waals surface area contributed by atoms with Crippen molar-refractivity contribution in [1.29, 1.82) is 0 Å². The van der Waals surface area contributed by atoms with E-state index < -0.39 is 11.0 Å². The second-order valence-electron chi connectivity index (χ2n) is 2.36. The van der Waals surface area contributed by atoms with Crippen LogP contribution in [0.4, 0.5) is 0 Å². The number of hydrogen-bond donors (Lipinski definition) is 1. The molecule has 0 saturated carbocycles. The van der Waals surface area contributed by atoms with E-state index in [1.165, 1.54) is 11.3 Å². The summed E-state index contributed by atoms with van der Waals surface area (Å²) in [6, 6.07) is 3.51. The van der Waals surface area contributed by atoms with Crippen molar-refractivity contribution in [3.63, 3.8) is 0 Å². The average Bonchev–Trinajstić information content (AvgIpc) is 2.30. The lowest BCUT2D eigenvalue weighted by Gasteiger charge is -1.83. The Morgan fingerprint density at radius 3 is 3.00 bits per heavy atom. The van der Waals surface area contributed by atoms with Crippen LogP contribution in [0, 0.1) is 0 Å². The molecule has 2 rings (SSSR count). The van der Waals surface area contributed by atoms with E-state index in [9.17, 15) is 9.59 Å². The molecule has 3 nitrogen and oxygen atoms in total. The lowest BCUT2D eigenvalue weighted by Crippen LogP contribution is -2.18. The van der Waals surface area contributed by atoms with E-state index in [4.69, 9.17) is 0 Å². The highest BCUT2D eigenvalue weighted by atomic mass is 32.1. The molecule has 1 N–H and O–H groups in total. The molecule has 0 amide bonds. The zero-order chi connectivity index (χ0) is 8.55. The van der Waals surface area contributed by atoms with Crippen LogP contribution < -0.4 is 11.0 Å². The summed E-state index contributed by atoms with van der Waals surface area (Å²) < 4.78 is 0. The van der Waals surface area contributed by atoms with Gasteiger partial charge in [0.25, 0.3) is 11.0 Å². The molecule has 0 atom stereocenters. The number of hydrogen-bond acceptors (Lipinski definition) is 3. The topological polar surface area (TPSA) is 49.9 Å². The van der Waals surface area contributed by atoms with Gasteiger partial charge in [0.15, 0.2) is 0 Å². The van der Waals surface area contributed by atoms with Gasteiger partial charge in [-0.05, 0) is 11.4 Å². The van der Waals surface area contributed by atoms with Gasteiger partial charge >= 0.3 is 0 Å². The number of aromatic nitrogens is 1. The minimum atomic E-state index is -0.539. The zero-order valence-corrected chi connectivity index (χ0v) is 6.85. The molecule has 2 aliphatic rings. The molecule has 2 heterocycles. The number of nitrogens with one attached hydrogen (secondary N) is 1. The first-order chi connectivity index (χ1) is 5.79. The summed E-state index contributed by atoms with van der Waals surface area (Å²) in [5, 5.41) is 3.52. The molecule has 0 aromatic rings. The van der Waals surface area contributed by atoms with Crippen molar-refractivity contribution in [1.82, 2.24) is 4.98 Å². The number of H-pyrrole nitrogens is 1. The van der Waals surface area contributed by atoms with Crippen LogP contribution in [0.2, 0.25) is 0 Å². The Labute approximate surface area is 71.7 Å². The van der Waals surface area contributed by atoms with E-state index in [2.05, 4.69) is 4.98 Å². The molecule has 0 aliphatic carbocycles. The summed E-state index contributed by atoms with van der Waals surface area (Å²) in [4.78, 5) is 24.5. The van der Waals surface area contributed by atoms with Crippen LogP contribution in [0.5, 0.6) is 0 Å². The molecule has 2 aliphatic heterocycles. The van der Waals surface area contributed by atoms with Gasteiger partial charge in [-0.1, -0.05) is 6.07 Å². The third-order valence-electron chi connectivity index (χ3n) is 1.60. The van der Waals surface area contributed by atoms with Gasteiger partial charge in [0.1, 0.15) is 0 Å². The Morgan fingerprint density at radius 1 is 1.33 bits per heavy atom. The summed E-state index contributed by atoms with van der Waals surface area (Å²) in [7, 11) is 0. The van der Waals surface area contributed by atoms with Gasteiger partial charge in [0.05, 0.1) is 11.3 Å². The molecule has 60 valence electrons. The van der Waals surface area contributed by atoms with Gasteiger partial charge in [-0.25, -0.2) is 0 Å². The van der Waals surface area contributed by atoms with Crippen molar-refractivity contribution in [2.75, 3.05) is 0 Å². The molecule has 0 aromatic heterocycles. The first-order valence-corrected chi connectivity index (χ1v) is 4.32. The minimum Gasteiger partial charge on any atom is -0.318 e. The highest BCUT2D eigenvalue weighted by Gasteiger charge is 2.09. The van der Waals surface area contributed by atoms with Crippen molar-refractivity contribution in [3.8, 4) is 11.3 Å². The SMILES string of the molecule is O=c1[nH]c2cccscc-2c1=O. The predicted octanol–water partition coefficient (Wildman–Crippen LogP) is 0.901. The molecule has 0 unspecified atom stereocenters. The summed E-state index contributed by atoms with van der Waals surface area (Å²) in [6.45, 7) is 0. The van der Waals surface area contributed by atoms with Gasteiger partial charge in [0.2, 0.25) is 0 Å². The van der Waals surface area contributed by atoms with E-state index in [0.717, 1.165) is 0 Å². The highest BCUT2D eigenvalue weighted by Crippen LogP contribution is 2.12.